The van der Waals surface area contributed by atoms with E-state index in [-0.39, 0.29) is 29.5 Å². The smallest absolute Gasteiger partial charge is 0.452 e. The van der Waals surface area contributed by atoms with E-state index in [1.165, 1.54) is 32.3 Å². The van der Waals surface area contributed by atoms with Crippen LogP contribution in [-0.4, -0.2) is 74.4 Å². The van der Waals surface area contributed by atoms with Crippen LogP contribution in [0.3, 0.4) is 0 Å². The Morgan fingerprint density at radius 3 is 2.53 bits per heavy atom. The number of nitrogens with zero attached hydrogens (tertiary/aromatic N) is 6. The first-order valence-electron chi connectivity index (χ1n) is 14.9. The van der Waals surface area contributed by atoms with E-state index in [1.807, 2.05) is 0 Å². The number of ether oxygens (including phenoxy) is 2. The first-order chi connectivity index (χ1) is 22.0. The summed E-state index contributed by atoms with van der Waals surface area (Å²) in [5, 5.41) is 17.5. The fraction of sp³-hybridized carbons (Fsp3) is 0.452. The highest BCUT2D eigenvalue weighted by atomic mass is 32.3. The van der Waals surface area contributed by atoms with E-state index in [4.69, 9.17) is 9.47 Å². The monoisotopic (exact) mass is 676 g/mol. The summed E-state index contributed by atoms with van der Waals surface area (Å²) >= 11 is 0. The molecule has 4 aromatic heterocycles. The molecule has 0 aliphatic carbocycles. The van der Waals surface area contributed by atoms with Gasteiger partial charge >= 0.3 is 12.1 Å². The molecule has 16 heteroatoms. The van der Waals surface area contributed by atoms with Crippen LogP contribution in [0.2, 0.25) is 0 Å². The maximum atomic E-state index is 13.6. The third-order valence-electron chi connectivity index (χ3n) is 9.17. The number of aliphatic carboxylic acids is 1. The second-order valence-electron chi connectivity index (χ2n) is 12.6. The van der Waals surface area contributed by atoms with Crippen LogP contribution in [0.1, 0.15) is 66.4 Å². The van der Waals surface area contributed by atoms with Gasteiger partial charge in [-0.25, -0.2) is 4.98 Å². The van der Waals surface area contributed by atoms with Gasteiger partial charge in [0, 0.05) is 49.6 Å². The van der Waals surface area contributed by atoms with Gasteiger partial charge in [-0.3, -0.25) is 23.3 Å². The number of fused-ring (bicyclic) bond motifs is 2. The summed E-state index contributed by atoms with van der Waals surface area (Å²) < 4.78 is 78.6. The molecule has 252 valence electrons. The zero-order valence-electron chi connectivity index (χ0n) is 26.2. The molecule has 0 saturated carbocycles. The molecule has 0 radical (unpaired) electrons. The van der Waals surface area contributed by atoms with Gasteiger partial charge in [0.2, 0.25) is 11.7 Å². The van der Waals surface area contributed by atoms with Crippen molar-refractivity contribution in [3.63, 3.8) is 0 Å². The third-order valence-corrected chi connectivity index (χ3v) is 11.0. The number of alkyl halides is 3. The maximum absolute atomic E-state index is 13.6. The van der Waals surface area contributed by atoms with Gasteiger partial charge in [-0.15, -0.1) is 21.0 Å². The number of aromatic nitrogens is 5. The number of hydrogen-bond donors (Lipinski definition) is 3. The van der Waals surface area contributed by atoms with Gasteiger partial charge in [0.05, 0.1) is 25.2 Å². The molecule has 3 N–H and O–H groups in total. The Morgan fingerprint density at radius 1 is 1.13 bits per heavy atom. The predicted octanol–water partition coefficient (Wildman–Crippen LogP) is 5.87. The summed E-state index contributed by atoms with van der Waals surface area (Å²) in [6, 6.07) is 6.41. The molecule has 1 unspecified atom stereocenters. The van der Waals surface area contributed by atoms with Crippen LogP contribution >= 0.6 is 10.8 Å². The molecule has 0 bridgehead atoms. The Balaban J connectivity index is 1.45. The van der Waals surface area contributed by atoms with E-state index in [1.54, 1.807) is 42.5 Å². The molecule has 6 heterocycles. The van der Waals surface area contributed by atoms with Crippen molar-refractivity contribution in [3.8, 4) is 5.88 Å². The molecule has 1 fully saturated rings. The van der Waals surface area contributed by atoms with E-state index >= 15 is 0 Å². The average Bonchev–Trinajstić information content (AvgIpc) is 3.43. The minimum atomic E-state index is -4.74. The van der Waals surface area contributed by atoms with Gasteiger partial charge in [-0.1, -0.05) is 6.07 Å². The fourth-order valence-corrected chi connectivity index (χ4v) is 8.02. The van der Waals surface area contributed by atoms with Gasteiger partial charge in [-0.05, 0) is 68.1 Å². The van der Waals surface area contributed by atoms with E-state index in [0.29, 0.717) is 54.0 Å². The number of carboxylic acids is 1. The van der Waals surface area contributed by atoms with Crippen molar-refractivity contribution in [3.05, 3.63) is 76.6 Å². The summed E-state index contributed by atoms with van der Waals surface area (Å²) in [5.74, 6) is -3.06. The molecule has 47 heavy (non-hydrogen) atoms. The quantitative estimate of drug-likeness (QED) is 0.225. The zero-order valence-corrected chi connectivity index (χ0v) is 27.0. The highest BCUT2D eigenvalue weighted by molar-refractivity contribution is 8.22. The van der Waals surface area contributed by atoms with Crippen LogP contribution in [0.25, 0.3) is 5.65 Å². The number of carboxylic acid groups (broad SMARTS) is 1. The first-order valence-corrected chi connectivity index (χ1v) is 16.4. The molecule has 1 spiro atoms. The maximum Gasteiger partial charge on any atom is 0.452 e. The standard InChI is InChI=1S/C31H35F3N6O6S/c1-18-22(7-11-40-25(18)37-38-27(40)31(32,33)34)24(29(3,4)28(41)42)20-14-21(19(2)36-15-20)16-39-17-30(8-12-45-13-9-30)46-26-23(47(39,43)44)6-5-10-35-26/h5-7,10-11,14-15,24,43-44H,8-9,12-13,16-17H2,1-4H3,(H,41,42). The second kappa shape index (κ2) is 11.7. The molecule has 1 saturated heterocycles. The van der Waals surface area contributed by atoms with Crippen molar-refractivity contribution in [2.24, 2.45) is 5.41 Å². The Morgan fingerprint density at radius 2 is 1.85 bits per heavy atom. The number of hydrogen-bond acceptors (Lipinski definition) is 10. The summed E-state index contributed by atoms with van der Waals surface area (Å²) in [7, 11) is -3.60. The Kier molecular flexibility index (Phi) is 8.23. The van der Waals surface area contributed by atoms with Crippen molar-refractivity contribution in [2.45, 2.75) is 69.7 Å². The van der Waals surface area contributed by atoms with Crippen LogP contribution in [0.5, 0.6) is 5.88 Å². The Hall–Kier alpha value is -3.83. The highest BCUT2D eigenvalue weighted by Gasteiger charge is 2.46. The van der Waals surface area contributed by atoms with Gasteiger partial charge in [0.15, 0.2) is 5.65 Å². The number of pyridine rings is 3. The van der Waals surface area contributed by atoms with Crippen LogP contribution < -0.4 is 4.74 Å². The summed E-state index contributed by atoms with van der Waals surface area (Å²) in [4.78, 5) is 21.8. The van der Waals surface area contributed by atoms with Gasteiger partial charge in [0.25, 0.3) is 0 Å². The zero-order chi connectivity index (χ0) is 33.9. The first kappa shape index (κ1) is 33.1. The largest absolute Gasteiger partial charge is 0.481 e. The molecule has 4 aromatic rings. The molecular formula is C31H35F3N6O6S. The molecule has 0 amide bonds. The average molecular weight is 677 g/mol. The lowest BCUT2D eigenvalue weighted by Gasteiger charge is -2.44. The molecular weight excluding hydrogens is 641 g/mol. The summed E-state index contributed by atoms with van der Waals surface area (Å²) in [6.07, 6.45) is 0.535. The lowest BCUT2D eigenvalue weighted by atomic mass is 9.70. The van der Waals surface area contributed by atoms with Crippen LogP contribution in [-0.2, 0) is 22.3 Å². The minimum absolute atomic E-state index is 0.0205. The summed E-state index contributed by atoms with van der Waals surface area (Å²) in [5.41, 5.74) is 0.129. The molecule has 12 nitrogen and oxygen atoms in total. The minimum Gasteiger partial charge on any atom is -0.481 e. The van der Waals surface area contributed by atoms with Crippen molar-refractivity contribution >= 4 is 22.4 Å². The highest BCUT2D eigenvalue weighted by Crippen LogP contribution is 2.58. The van der Waals surface area contributed by atoms with Gasteiger partial charge in [-0.2, -0.15) is 17.5 Å². The van der Waals surface area contributed by atoms with Crippen LogP contribution in [0, 0.1) is 19.3 Å². The van der Waals surface area contributed by atoms with E-state index in [2.05, 4.69) is 20.2 Å². The molecule has 6 rings (SSSR count). The fourth-order valence-electron chi connectivity index (χ4n) is 6.42. The van der Waals surface area contributed by atoms with Crippen LogP contribution in [0.4, 0.5) is 13.2 Å². The van der Waals surface area contributed by atoms with E-state index < -0.39 is 45.7 Å². The number of rotatable bonds is 6. The van der Waals surface area contributed by atoms with E-state index in [9.17, 15) is 32.2 Å². The number of aryl methyl sites for hydroxylation is 2. The molecule has 0 aromatic carbocycles. The molecule has 1 atom stereocenters. The summed E-state index contributed by atoms with van der Waals surface area (Å²) in [6.45, 7) is 7.45. The number of carbonyl (C=O) groups is 1. The molecule has 2 aliphatic heterocycles. The van der Waals surface area contributed by atoms with Crippen molar-refractivity contribution in [1.29, 1.82) is 0 Å². The third kappa shape index (κ3) is 5.82. The topological polar surface area (TPSA) is 155 Å². The van der Waals surface area contributed by atoms with Crippen molar-refractivity contribution < 1.29 is 41.7 Å². The Labute approximate surface area is 270 Å². The lowest BCUT2D eigenvalue weighted by molar-refractivity contribution is -0.147. The van der Waals surface area contributed by atoms with Crippen molar-refractivity contribution in [2.75, 3.05) is 19.8 Å². The lowest BCUT2D eigenvalue weighted by Crippen LogP contribution is -2.49. The van der Waals surface area contributed by atoms with Crippen molar-refractivity contribution in [1.82, 2.24) is 28.9 Å². The molecule has 2 aliphatic rings. The van der Waals surface area contributed by atoms with Gasteiger partial charge in [0.1, 0.15) is 10.5 Å². The van der Waals surface area contributed by atoms with Gasteiger partial charge < -0.3 is 14.6 Å². The predicted molar refractivity (Wildman–Crippen MR) is 164 cm³/mol. The van der Waals surface area contributed by atoms with Crippen LogP contribution in [0.15, 0.2) is 47.8 Å². The normalized spacial score (nSPS) is 19.5. The SMILES string of the molecule is Cc1ncc(C(c2ccn3c(C(F)(F)F)nnc3c2C)C(C)(C)C(=O)O)cc1CN1CC2(CCOCC2)Oc2ncccc2S1(O)O. The number of halogens is 3. The van der Waals surface area contributed by atoms with E-state index in [0.717, 1.165) is 4.40 Å². The Bertz CT molecular complexity index is 1840. The second-order valence-corrected chi connectivity index (χ2v) is 14.6.